The van der Waals surface area contributed by atoms with Gasteiger partial charge in [-0.05, 0) is 39.7 Å². The molecule has 0 N–H and O–H groups in total. The van der Waals surface area contributed by atoms with Crippen LogP contribution in [0.2, 0.25) is 0 Å². The van der Waals surface area contributed by atoms with Crippen molar-refractivity contribution in [3.8, 4) is 11.7 Å². The first-order valence-electron chi connectivity index (χ1n) is 8.09. The Morgan fingerprint density at radius 2 is 1.70 bits per heavy atom. The van der Waals surface area contributed by atoms with Gasteiger partial charge in [0.25, 0.3) is 0 Å². The number of rotatable bonds is 9. The highest BCUT2D eigenvalue weighted by molar-refractivity contribution is 6.54. The first-order valence-corrected chi connectivity index (χ1v) is 8.09. The molecule has 1 rings (SSSR count). The number of hydrogen-bond acceptors (Lipinski definition) is 3. The van der Waals surface area contributed by atoms with Gasteiger partial charge in [0.15, 0.2) is 0 Å². The van der Waals surface area contributed by atoms with Crippen molar-refractivity contribution in [3.05, 3.63) is 48.6 Å². The summed E-state index contributed by atoms with van der Waals surface area (Å²) < 4.78 is 17.1. The molecule has 0 saturated heterocycles. The van der Waals surface area contributed by atoms with Gasteiger partial charge in [0, 0.05) is 12.2 Å². The van der Waals surface area contributed by atoms with Crippen LogP contribution in [0, 0.1) is 11.7 Å². The Kier molecular flexibility index (Phi) is 9.39. The van der Waals surface area contributed by atoms with E-state index >= 15 is 0 Å². The molecule has 0 heterocycles. The smallest absolute Gasteiger partial charge is 0.398 e. The van der Waals surface area contributed by atoms with Crippen molar-refractivity contribution in [3.63, 3.8) is 0 Å². The average Bonchev–Trinajstić information content (AvgIpc) is 2.50. The summed E-state index contributed by atoms with van der Waals surface area (Å²) in [6.07, 6.45) is 2.70. The van der Waals surface area contributed by atoms with Crippen LogP contribution in [-0.2, 0) is 14.0 Å². The van der Waals surface area contributed by atoms with Crippen molar-refractivity contribution in [2.24, 2.45) is 0 Å². The van der Waals surface area contributed by atoms with E-state index in [1.165, 1.54) is 0 Å². The Hall–Kier alpha value is -1.54. The molecule has 0 spiro atoms. The van der Waals surface area contributed by atoms with Crippen LogP contribution in [-0.4, -0.2) is 25.9 Å². The molecule has 0 amide bonds. The number of benzene rings is 1. The van der Waals surface area contributed by atoms with E-state index in [2.05, 4.69) is 18.3 Å². The van der Waals surface area contributed by atoms with Gasteiger partial charge in [0.2, 0.25) is 0 Å². The summed E-state index contributed by atoms with van der Waals surface area (Å²) in [6.45, 7) is 12.0. The van der Waals surface area contributed by atoms with E-state index < -0.39 is 7.12 Å². The van der Waals surface area contributed by atoms with E-state index in [9.17, 15) is 0 Å². The van der Waals surface area contributed by atoms with E-state index in [4.69, 9.17) is 14.0 Å². The van der Waals surface area contributed by atoms with Gasteiger partial charge in [0.05, 0.1) is 6.10 Å². The molecule has 1 aromatic carbocycles. The maximum Gasteiger partial charge on any atom is 0.550 e. The van der Waals surface area contributed by atoms with Crippen molar-refractivity contribution in [2.45, 2.75) is 52.4 Å². The molecule has 0 aliphatic carbocycles. The molecule has 23 heavy (non-hydrogen) atoms. The van der Waals surface area contributed by atoms with E-state index in [0.717, 1.165) is 12.0 Å². The first-order chi connectivity index (χ1) is 11.0. The molecular formula is C19H27BO3. The standard InChI is InChI=1S/C19H27BO3/c1-6-11-19(18-12-8-7-9-13-18)21-15-10-14-20(22-16(2)3)23-17(4)5/h6-9,12-13,16-17,19H,1,11,15H2,2-5H3. The van der Waals surface area contributed by atoms with Crippen molar-refractivity contribution in [1.82, 2.24) is 0 Å². The van der Waals surface area contributed by atoms with Gasteiger partial charge >= 0.3 is 7.12 Å². The summed E-state index contributed by atoms with van der Waals surface area (Å²) in [5.41, 5.74) is 1.13. The third-order valence-corrected chi connectivity index (χ3v) is 2.92. The van der Waals surface area contributed by atoms with Crippen LogP contribution >= 0.6 is 0 Å². The predicted octanol–water partition coefficient (Wildman–Crippen LogP) is 4.20. The van der Waals surface area contributed by atoms with Crippen LogP contribution < -0.4 is 0 Å². The summed E-state index contributed by atoms with van der Waals surface area (Å²) in [6, 6.07) is 10.1. The summed E-state index contributed by atoms with van der Waals surface area (Å²) in [4.78, 5) is 0. The highest BCUT2D eigenvalue weighted by atomic mass is 16.6. The maximum absolute atomic E-state index is 5.87. The summed E-state index contributed by atoms with van der Waals surface area (Å²) in [7, 11) is -0.520. The van der Waals surface area contributed by atoms with E-state index in [1.54, 1.807) is 0 Å². The fraction of sp³-hybridized carbons (Fsp3) is 0.474. The fourth-order valence-electron chi connectivity index (χ4n) is 1.98. The van der Waals surface area contributed by atoms with Gasteiger partial charge in [-0.2, -0.15) is 0 Å². The van der Waals surface area contributed by atoms with Gasteiger partial charge in [-0.1, -0.05) is 48.1 Å². The molecule has 0 aliphatic heterocycles. The fourth-order valence-corrected chi connectivity index (χ4v) is 1.98. The lowest BCUT2D eigenvalue weighted by atomic mass is 9.90. The Morgan fingerprint density at radius 1 is 1.09 bits per heavy atom. The van der Waals surface area contributed by atoms with Crippen molar-refractivity contribution < 1.29 is 14.0 Å². The van der Waals surface area contributed by atoms with Crippen LogP contribution in [0.3, 0.4) is 0 Å². The van der Waals surface area contributed by atoms with Gasteiger partial charge < -0.3 is 14.0 Å². The van der Waals surface area contributed by atoms with Crippen LogP contribution in [0.5, 0.6) is 0 Å². The summed E-state index contributed by atoms with van der Waals surface area (Å²) in [5.74, 6) is 5.98. The second kappa shape index (κ2) is 11.1. The third kappa shape index (κ3) is 8.61. The van der Waals surface area contributed by atoms with Crippen molar-refractivity contribution >= 4 is 7.12 Å². The zero-order chi connectivity index (χ0) is 17.1. The lowest BCUT2D eigenvalue weighted by molar-refractivity contribution is 0.0802. The summed E-state index contributed by atoms with van der Waals surface area (Å²) in [5, 5.41) is 0. The number of ether oxygens (including phenoxy) is 1. The third-order valence-electron chi connectivity index (χ3n) is 2.92. The minimum absolute atomic E-state index is 0.0292. The van der Waals surface area contributed by atoms with Crippen molar-refractivity contribution in [1.29, 1.82) is 0 Å². The van der Waals surface area contributed by atoms with Crippen LogP contribution in [0.15, 0.2) is 43.0 Å². The second-order valence-electron chi connectivity index (χ2n) is 5.76. The minimum Gasteiger partial charge on any atom is -0.398 e. The maximum atomic E-state index is 5.87. The zero-order valence-electron chi connectivity index (χ0n) is 14.6. The molecular weight excluding hydrogens is 287 g/mol. The SMILES string of the molecule is C=CCC(OCC#CB(OC(C)C)OC(C)C)c1ccccc1. The average molecular weight is 314 g/mol. The van der Waals surface area contributed by atoms with Crippen LogP contribution in [0.1, 0.15) is 45.8 Å². The highest BCUT2D eigenvalue weighted by Crippen LogP contribution is 2.20. The monoisotopic (exact) mass is 314 g/mol. The lowest BCUT2D eigenvalue weighted by Crippen LogP contribution is -2.28. The van der Waals surface area contributed by atoms with Crippen LogP contribution in [0.25, 0.3) is 0 Å². The Balaban J connectivity index is 2.59. The molecule has 1 aromatic rings. The van der Waals surface area contributed by atoms with E-state index in [0.29, 0.717) is 6.61 Å². The van der Waals surface area contributed by atoms with Crippen LogP contribution in [0.4, 0.5) is 0 Å². The molecule has 0 aliphatic rings. The normalized spacial score (nSPS) is 11.9. The Bertz CT molecular complexity index is 492. The van der Waals surface area contributed by atoms with Gasteiger partial charge in [-0.15, -0.1) is 6.58 Å². The van der Waals surface area contributed by atoms with Gasteiger partial charge in [-0.25, -0.2) is 0 Å². The first kappa shape index (κ1) is 19.5. The molecule has 0 aromatic heterocycles. The molecule has 1 unspecified atom stereocenters. The molecule has 4 heteroatoms. The molecule has 124 valence electrons. The molecule has 0 bridgehead atoms. The van der Waals surface area contributed by atoms with Gasteiger partial charge in [0.1, 0.15) is 6.61 Å². The second-order valence-corrected chi connectivity index (χ2v) is 5.76. The molecule has 0 fully saturated rings. The van der Waals surface area contributed by atoms with Crippen molar-refractivity contribution in [2.75, 3.05) is 6.61 Å². The zero-order valence-corrected chi connectivity index (χ0v) is 14.6. The molecule has 3 nitrogen and oxygen atoms in total. The predicted molar refractivity (Wildman–Crippen MR) is 95.9 cm³/mol. The molecule has 0 radical (unpaired) electrons. The lowest BCUT2D eigenvalue weighted by Gasteiger charge is -2.16. The van der Waals surface area contributed by atoms with E-state index in [1.807, 2.05) is 64.1 Å². The largest absolute Gasteiger partial charge is 0.550 e. The Labute approximate surface area is 141 Å². The van der Waals surface area contributed by atoms with Gasteiger partial charge in [-0.3, -0.25) is 0 Å². The topological polar surface area (TPSA) is 27.7 Å². The highest BCUT2D eigenvalue weighted by Gasteiger charge is 2.18. The van der Waals surface area contributed by atoms with E-state index in [-0.39, 0.29) is 18.3 Å². The Morgan fingerprint density at radius 3 is 2.22 bits per heavy atom. The number of hydrogen-bond donors (Lipinski definition) is 0. The summed E-state index contributed by atoms with van der Waals surface area (Å²) >= 11 is 0. The molecule has 1 atom stereocenters. The quantitative estimate of drug-likeness (QED) is 0.388. The minimum atomic E-state index is -0.520. The molecule has 0 saturated carbocycles.